The highest BCUT2D eigenvalue weighted by Crippen LogP contribution is 2.34. The number of rotatable bonds is 17. The molecular formula is C28H43N4O4S+. The van der Waals surface area contributed by atoms with Gasteiger partial charge in [-0.3, -0.25) is 0 Å². The third-order valence-electron chi connectivity index (χ3n) is 6.63. The number of nitrogens with zero attached hydrogens (tertiary/aromatic N) is 4. The van der Waals surface area contributed by atoms with Crippen molar-refractivity contribution in [1.29, 1.82) is 0 Å². The average molecular weight is 532 g/mol. The summed E-state index contributed by atoms with van der Waals surface area (Å²) < 4.78 is 5.45. The number of benzene rings is 1. The summed E-state index contributed by atoms with van der Waals surface area (Å²) in [4.78, 5) is 6.47. The lowest BCUT2D eigenvalue weighted by atomic mass is 10.1. The van der Waals surface area contributed by atoms with Crippen molar-refractivity contribution in [3.8, 4) is 0 Å². The molecule has 0 amide bonds. The van der Waals surface area contributed by atoms with Gasteiger partial charge in [0.2, 0.25) is 5.69 Å². The van der Waals surface area contributed by atoms with Crippen LogP contribution in [0.25, 0.3) is 0 Å². The van der Waals surface area contributed by atoms with E-state index >= 15 is 0 Å². The summed E-state index contributed by atoms with van der Waals surface area (Å²) in [5.41, 5.74) is 0.774. The van der Waals surface area contributed by atoms with E-state index in [9.17, 15) is 10.2 Å². The minimum Gasteiger partial charge on any atom is -0.471 e. The first-order valence-corrected chi connectivity index (χ1v) is 14.1. The van der Waals surface area contributed by atoms with Gasteiger partial charge in [-0.25, -0.2) is 0 Å². The third kappa shape index (κ3) is 8.97. The van der Waals surface area contributed by atoms with E-state index in [0.717, 1.165) is 18.5 Å². The fraction of sp³-hybridized carbons (Fsp3) is 0.607. The normalized spacial score (nSPS) is 21.4. The van der Waals surface area contributed by atoms with Crippen LogP contribution in [0.3, 0.4) is 0 Å². The minimum absolute atomic E-state index is 0.0331. The lowest BCUT2D eigenvalue weighted by molar-refractivity contribution is -0.133. The Morgan fingerprint density at radius 1 is 1.03 bits per heavy atom. The first-order chi connectivity index (χ1) is 17.9. The monoisotopic (exact) mass is 531 g/mol. The van der Waals surface area contributed by atoms with Crippen LogP contribution in [0, 0.1) is 0 Å². The molecule has 0 aromatic heterocycles. The molecule has 0 radical (unpaired) electrons. The average Bonchev–Trinajstić information content (AvgIpc) is 3.20. The van der Waals surface area contributed by atoms with Gasteiger partial charge in [-0.1, -0.05) is 89.3 Å². The second-order valence-electron chi connectivity index (χ2n) is 9.96. The molecule has 2 N–H and O–H groups in total. The van der Waals surface area contributed by atoms with E-state index in [1.807, 2.05) is 30.3 Å². The number of hydrogen-bond donors (Lipinski definition) is 2. The molecule has 1 heterocycles. The Bertz CT molecular complexity index is 937. The highest BCUT2D eigenvalue weighted by atomic mass is 32.1. The predicted molar refractivity (Wildman–Crippen MR) is 149 cm³/mol. The Labute approximate surface area is 226 Å². The van der Waals surface area contributed by atoms with E-state index in [2.05, 4.69) is 24.3 Å². The van der Waals surface area contributed by atoms with Gasteiger partial charge in [-0.05, 0) is 36.8 Å². The van der Waals surface area contributed by atoms with Gasteiger partial charge < -0.3 is 14.9 Å². The van der Waals surface area contributed by atoms with Crippen molar-refractivity contribution in [3.63, 3.8) is 0 Å². The standard InChI is InChI=1S/C28H43N4O4S/c1-3-4-5-6-7-8-9-10-11-13-16-24(2)36-32(25-17-14-12-15-18-25)27(37)31(29-30-32)23-35-26-19-21-28(33,34)22-20-26/h12,14-15,17-21,24,33-34H,3-11,13,16,22-23H2,1-2H3/q+1. The van der Waals surface area contributed by atoms with Crippen LogP contribution in [0.4, 0.5) is 5.69 Å². The summed E-state index contributed by atoms with van der Waals surface area (Å²) in [7, 11) is 0. The second kappa shape index (κ2) is 14.7. The van der Waals surface area contributed by atoms with Crippen LogP contribution in [-0.4, -0.2) is 39.0 Å². The molecule has 2 atom stereocenters. The van der Waals surface area contributed by atoms with Gasteiger partial charge in [0.05, 0.1) is 9.98 Å². The first kappa shape index (κ1) is 29.4. The fourth-order valence-corrected chi connectivity index (χ4v) is 4.69. The zero-order valence-corrected chi connectivity index (χ0v) is 23.1. The highest BCUT2D eigenvalue weighted by Gasteiger charge is 2.51. The largest absolute Gasteiger partial charge is 0.471 e. The molecule has 1 aliphatic carbocycles. The van der Waals surface area contributed by atoms with Gasteiger partial charge in [0.15, 0.2) is 12.5 Å². The maximum Gasteiger partial charge on any atom is 0.365 e. The summed E-state index contributed by atoms with van der Waals surface area (Å²) in [5.74, 6) is -1.33. The van der Waals surface area contributed by atoms with Gasteiger partial charge in [0.1, 0.15) is 11.9 Å². The van der Waals surface area contributed by atoms with Crippen LogP contribution < -0.4 is 4.76 Å². The summed E-state index contributed by atoms with van der Waals surface area (Å²) in [6.07, 6.45) is 18.3. The molecule has 2 aliphatic rings. The van der Waals surface area contributed by atoms with Gasteiger partial charge in [0.25, 0.3) is 0 Å². The molecule has 9 heteroatoms. The van der Waals surface area contributed by atoms with Crippen LogP contribution >= 0.6 is 12.2 Å². The predicted octanol–water partition coefficient (Wildman–Crippen LogP) is 7.01. The molecule has 3 rings (SSSR count). The van der Waals surface area contributed by atoms with Crippen molar-refractivity contribution >= 4 is 23.0 Å². The van der Waals surface area contributed by atoms with E-state index in [-0.39, 0.29) is 24.0 Å². The Morgan fingerprint density at radius 2 is 1.68 bits per heavy atom. The molecule has 0 fully saturated rings. The topological polar surface area (TPSA) is 86.9 Å². The Hall–Kier alpha value is -2.17. The number of unbranched alkanes of at least 4 members (excludes halogenated alkanes) is 9. The maximum absolute atomic E-state index is 9.63. The number of aliphatic hydroxyl groups is 2. The van der Waals surface area contributed by atoms with Crippen molar-refractivity contribution in [2.75, 3.05) is 6.73 Å². The molecule has 0 saturated carbocycles. The lowest BCUT2D eigenvalue weighted by Crippen LogP contribution is -2.52. The highest BCUT2D eigenvalue weighted by molar-refractivity contribution is 7.80. The number of allylic oxidation sites excluding steroid dienone is 1. The molecule has 37 heavy (non-hydrogen) atoms. The van der Waals surface area contributed by atoms with Crippen LogP contribution in [0.1, 0.15) is 90.9 Å². The molecule has 0 spiro atoms. The molecule has 8 nitrogen and oxygen atoms in total. The van der Waals surface area contributed by atoms with Crippen molar-refractivity contribution < 1.29 is 19.8 Å². The molecular weight excluding hydrogens is 488 g/mol. The maximum atomic E-state index is 9.63. The molecule has 204 valence electrons. The van der Waals surface area contributed by atoms with E-state index in [1.165, 1.54) is 74.9 Å². The number of quaternary nitrogens is 1. The zero-order chi connectivity index (χ0) is 26.6. The molecule has 2 unspecified atom stereocenters. The minimum atomic E-state index is -1.84. The van der Waals surface area contributed by atoms with Gasteiger partial charge in [-0.2, -0.15) is 4.84 Å². The third-order valence-corrected chi connectivity index (χ3v) is 7.09. The van der Waals surface area contributed by atoms with E-state index < -0.39 is 5.79 Å². The van der Waals surface area contributed by atoms with Crippen molar-refractivity contribution in [2.45, 2.75) is 103 Å². The summed E-state index contributed by atoms with van der Waals surface area (Å²) >= 11 is 5.79. The quantitative estimate of drug-likeness (QED) is 0.0973. The fourth-order valence-electron chi connectivity index (χ4n) is 4.42. The van der Waals surface area contributed by atoms with Crippen LogP contribution in [-0.2, 0) is 9.57 Å². The lowest BCUT2D eigenvalue weighted by Gasteiger charge is -2.27. The number of hydroxylamine groups is 1. The van der Waals surface area contributed by atoms with Crippen molar-refractivity contribution in [2.24, 2.45) is 10.4 Å². The molecule has 1 aliphatic heterocycles. The molecule has 1 aromatic rings. The Kier molecular flexibility index (Phi) is 11.7. The van der Waals surface area contributed by atoms with E-state index in [0.29, 0.717) is 10.9 Å². The number of para-hydroxylation sites is 1. The molecule has 1 aromatic carbocycles. The number of hydrogen-bond acceptors (Lipinski definition) is 7. The van der Waals surface area contributed by atoms with E-state index in [4.69, 9.17) is 21.8 Å². The summed E-state index contributed by atoms with van der Waals surface area (Å²) in [6, 6.07) is 9.65. The number of ether oxygens (including phenoxy) is 1. The van der Waals surface area contributed by atoms with E-state index in [1.54, 1.807) is 6.08 Å². The van der Waals surface area contributed by atoms with Crippen LogP contribution in [0.15, 0.2) is 64.8 Å². The van der Waals surface area contributed by atoms with Gasteiger partial charge in [-0.15, -0.1) is 5.01 Å². The van der Waals surface area contributed by atoms with Gasteiger partial charge >= 0.3 is 5.11 Å². The summed E-state index contributed by atoms with van der Waals surface area (Å²) in [5, 5.41) is 29.8. The number of thiocarbonyl (C=S) groups is 1. The van der Waals surface area contributed by atoms with Crippen LogP contribution in [0.5, 0.6) is 0 Å². The SMILES string of the molecule is CCCCCCCCCCCCC(C)O[N+]1(c2ccccc2)N=NN(COC2=CCC(O)(O)C=C2)C1=S. The van der Waals surface area contributed by atoms with Crippen molar-refractivity contribution in [3.05, 3.63) is 54.3 Å². The molecule has 0 bridgehead atoms. The second-order valence-corrected chi connectivity index (χ2v) is 10.3. The smallest absolute Gasteiger partial charge is 0.365 e. The Morgan fingerprint density at radius 3 is 2.30 bits per heavy atom. The zero-order valence-electron chi connectivity index (χ0n) is 22.3. The van der Waals surface area contributed by atoms with Crippen LogP contribution in [0.2, 0.25) is 0 Å². The molecule has 0 saturated heterocycles. The van der Waals surface area contributed by atoms with Gasteiger partial charge in [0, 0.05) is 30.8 Å². The van der Waals surface area contributed by atoms with Crippen molar-refractivity contribution in [1.82, 2.24) is 9.76 Å². The Balaban J connectivity index is 1.48. The first-order valence-electron chi connectivity index (χ1n) is 13.7. The summed E-state index contributed by atoms with van der Waals surface area (Å²) in [6.45, 7) is 4.35.